The van der Waals surface area contributed by atoms with Crippen LogP contribution < -0.4 is 10.6 Å². The van der Waals surface area contributed by atoms with Crippen LogP contribution in [0, 0.1) is 5.92 Å². The van der Waals surface area contributed by atoms with Gasteiger partial charge in [-0.05, 0) is 45.7 Å². The molecule has 1 saturated heterocycles. The first kappa shape index (κ1) is 17.0. The zero-order valence-corrected chi connectivity index (χ0v) is 13.5. The molecule has 1 rings (SSSR count). The maximum absolute atomic E-state index is 12.6. The molecular weight excluding hydrogens is 254 g/mol. The first-order chi connectivity index (χ1) is 9.36. The average molecular weight is 283 g/mol. The van der Waals surface area contributed by atoms with Gasteiger partial charge in [-0.1, -0.05) is 20.3 Å². The van der Waals surface area contributed by atoms with Crippen LogP contribution in [-0.2, 0) is 9.59 Å². The molecule has 20 heavy (non-hydrogen) atoms. The number of amides is 2. The summed E-state index contributed by atoms with van der Waals surface area (Å²) in [7, 11) is 3.59. The Balaban J connectivity index is 2.82. The number of nitrogens with one attached hydrogen (secondary N) is 2. The van der Waals surface area contributed by atoms with Crippen LogP contribution >= 0.6 is 0 Å². The third-order valence-electron chi connectivity index (χ3n) is 4.77. The van der Waals surface area contributed by atoms with Crippen LogP contribution in [0.25, 0.3) is 0 Å². The maximum Gasteiger partial charge on any atom is 0.242 e. The Hall–Kier alpha value is -1.10. The lowest BCUT2D eigenvalue weighted by Gasteiger charge is -2.42. The number of likely N-dealkylation sites (N-methyl/N-ethyl adjacent to an activating group) is 2. The van der Waals surface area contributed by atoms with E-state index in [9.17, 15) is 9.59 Å². The van der Waals surface area contributed by atoms with Gasteiger partial charge in [0.05, 0.1) is 5.54 Å². The summed E-state index contributed by atoms with van der Waals surface area (Å²) in [6, 6.07) is -0.454. The second-order valence-corrected chi connectivity index (χ2v) is 6.10. The number of rotatable bonds is 5. The molecule has 0 radical (unpaired) electrons. The van der Waals surface area contributed by atoms with Gasteiger partial charge in [-0.2, -0.15) is 0 Å². The molecule has 2 amide bonds. The van der Waals surface area contributed by atoms with E-state index in [-0.39, 0.29) is 17.7 Å². The Labute approximate surface area is 122 Å². The largest absolute Gasteiger partial charge is 0.357 e. The summed E-state index contributed by atoms with van der Waals surface area (Å²) >= 11 is 0. The van der Waals surface area contributed by atoms with Crippen LogP contribution in [0.2, 0.25) is 0 Å². The highest BCUT2D eigenvalue weighted by Crippen LogP contribution is 2.27. The van der Waals surface area contributed by atoms with Crippen molar-refractivity contribution in [3.05, 3.63) is 0 Å². The molecule has 1 aliphatic heterocycles. The van der Waals surface area contributed by atoms with Gasteiger partial charge in [-0.3, -0.25) is 14.5 Å². The summed E-state index contributed by atoms with van der Waals surface area (Å²) in [6.07, 6.45) is 3.88. The molecule has 5 heteroatoms. The molecule has 5 nitrogen and oxygen atoms in total. The number of carbonyl (C=O) groups excluding carboxylic acids is 2. The first-order valence-electron chi connectivity index (χ1n) is 7.60. The third kappa shape index (κ3) is 3.51. The van der Waals surface area contributed by atoms with Crippen LogP contribution in [0.4, 0.5) is 0 Å². The predicted molar refractivity (Wildman–Crippen MR) is 80.3 cm³/mol. The fourth-order valence-electron chi connectivity index (χ4n) is 2.70. The van der Waals surface area contributed by atoms with E-state index in [1.54, 1.807) is 7.05 Å². The quantitative estimate of drug-likeness (QED) is 0.795. The van der Waals surface area contributed by atoms with Gasteiger partial charge in [0.1, 0.15) is 6.04 Å². The normalized spacial score (nSPS) is 26.6. The minimum absolute atomic E-state index is 0.0337. The summed E-state index contributed by atoms with van der Waals surface area (Å²) < 4.78 is 0. The standard InChI is InChI=1S/C15H29N3O2/c1-6-11(2)12(13(19)16-4)17-14(20)15(3)9-7-8-10-18(15)5/h11-12H,6-10H2,1-5H3,(H,16,19)(H,17,20)/t11-,12-,15-/m0/s1. The zero-order chi connectivity index (χ0) is 15.3. The van der Waals surface area contributed by atoms with Gasteiger partial charge in [0, 0.05) is 7.05 Å². The molecule has 0 aromatic heterocycles. The van der Waals surface area contributed by atoms with Gasteiger partial charge < -0.3 is 10.6 Å². The summed E-state index contributed by atoms with van der Waals surface area (Å²) in [6.45, 7) is 6.92. The van der Waals surface area contributed by atoms with E-state index in [4.69, 9.17) is 0 Å². The van der Waals surface area contributed by atoms with Crippen molar-refractivity contribution in [2.24, 2.45) is 5.92 Å². The average Bonchev–Trinajstić information content (AvgIpc) is 2.45. The fraction of sp³-hybridized carbons (Fsp3) is 0.867. The molecule has 0 aromatic rings. The Morgan fingerprint density at radius 2 is 2.00 bits per heavy atom. The van der Waals surface area contributed by atoms with Crippen molar-refractivity contribution in [1.29, 1.82) is 0 Å². The molecule has 1 fully saturated rings. The number of nitrogens with zero attached hydrogens (tertiary/aromatic N) is 1. The lowest BCUT2D eigenvalue weighted by molar-refractivity contribution is -0.138. The molecule has 0 spiro atoms. The van der Waals surface area contributed by atoms with Crippen LogP contribution in [0.15, 0.2) is 0 Å². The highest BCUT2D eigenvalue weighted by Gasteiger charge is 2.41. The van der Waals surface area contributed by atoms with Crippen LogP contribution in [0.1, 0.15) is 46.5 Å². The summed E-state index contributed by atoms with van der Waals surface area (Å²) in [5.74, 6) is -0.0280. The molecule has 0 aromatic carbocycles. The zero-order valence-electron chi connectivity index (χ0n) is 13.5. The van der Waals surface area contributed by atoms with Crippen LogP contribution in [0.5, 0.6) is 0 Å². The highest BCUT2D eigenvalue weighted by atomic mass is 16.2. The van der Waals surface area contributed by atoms with Crippen molar-refractivity contribution in [1.82, 2.24) is 15.5 Å². The Morgan fingerprint density at radius 3 is 2.50 bits per heavy atom. The molecule has 1 heterocycles. The van der Waals surface area contributed by atoms with Crippen molar-refractivity contribution in [2.75, 3.05) is 20.6 Å². The second kappa shape index (κ2) is 7.07. The van der Waals surface area contributed by atoms with Crippen molar-refractivity contribution in [3.8, 4) is 0 Å². The Morgan fingerprint density at radius 1 is 1.35 bits per heavy atom. The van der Waals surface area contributed by atoms with Crippen molar-refractivity contribution in [3.63, 3.8) is 0 Å². The summed E-state index contributed by atoms with van der Waals surface area (Å²) in [5.41, 5.74) is -0.502. The van der Waals surface area contributed by atoms with Gasteiger partial charge in [0.15, 0.2) is 0 Å². The lowest BCUT2D eigenvalue weighted by atomic mass is 9.87. The Kier molecular flexibility index (Phi) is 5.99. The molecular formula is C15H29N3O2. The predicted octanol–water partition coefficient (Wildman–Crippen LogP) is 1.14. The van der Waals surface area contributed by atoms with E-state index in [2.05, 4.69) is 15.5 Å². The topological polar surface area (TPSA) is 61.4 Å². The number of likely N-dealkylation sites (tertiary alicyclic amines) is 1. The molecule has 1 aliphatic rings. The Bertz CT molecular complexity index is 359. The number of hydrogen-bond donors (Lipinski definition) is 2. The number of carbonyl (C=O) groups is 2. The van der Waals surface area contributed by atoms with Crippen molar-refractivity contribution >= 4 is 11.8 Å². The van der Waals surface area contributed by atoms with Gasteiger partial charge >= 0.3 is 0 Å². The monoisotopic (exact) mass is 283 g/mol. The second-order valence-electron chi connectivity index (χ2n) is 6.10. The molecule has 0 saturated carbocycles. The fourth-order valence-corrected chi connectivity index (χ4v) is 2.70. The molecule has 0 aliphatic carbocycles. The third-order valence-corrected chi connectivity index (χ3v) is 4.77. The van der Waals surface area contributed by atoms with E-state index in [0.717, 1.165) is 32.2 Å². The van der Waals surface area contributed by atoms with E-state index in [1.807, 2.05) is 27.8 Å². The molecule has 2 N–H and O–H groups in total. The van der Waals surface area contributed by atoms with E-state index in [1.165, 1.54) is 0 Å². The molecule has 0 bridgehead atoms. The smallest absolute Gasteiger partial charge is 0.242 e. The highest BCUT2D eigenvalue weighted by molar-refractivity contribution is 5.92. The van der Waals surface area contributed by atoms with Crippen molar-refractivity contribution in [2.45, 2.75) is 58.0 Å². The van der Waals surface area contributed by atoms with Gasteiger partial charge in [-0.25, -0.2) is 0 Å². The van der Waals surface area contributed by atoms with Crippen LogP contribution in [0.3, 0.4) is 0 Å². The van der Waals surface area contributed by atoms with Gasteiger partial charge in [-0.15, -0.1) is 0 Å². The first-order valence-corrected chi connectivity index (χ1v) is 7.60. The minimum atomic E-state index is -0.502. The maximum atomic E-state index is 12.6. The van der Waals surface area contributed by atoms with E-state index in [0.29, 0.717) is 0 Å². The minimum Gasteiger partial charge on any atom is -0.357 e. The molecule has 3 atom stereocenters. The molecule has 0 unspecified atom stereocenters. The van der Waals surface area contributed by atoms with Crippen molar-refractivity contribution < 1.29 is 9.59 Å². The summed E-state index contributed by atoms with van der Waals surface area (Å²) in [5, 5.41) is 5.61. The number of hydrogen-bond acceptors (Lipinski definition) is 3. The van der Waals surface area contributed by atoms with Crippen LogP contribution in [-0.4, -0.2) is 48.9 Å². The molecule has 116 valence electrons. The van der Waals surface area contributed by atoms with Gasteiger partial charge in [0.2, 0.25) is 11.8 Å². The SMILES string of the molecule is CC[C@H](C)[C@H](NC(=O)[C@]1(C)CCCCN1C)C(=O)NC. The van der Waals surface area contributed by atoms with E-state index < -0.39 is 11.6 Å². The lowest BCUT2D eigenvalue weighted by Crippen LogP contribution is -2.61. The number of piperidine rings is 1. The summed E-state index contributed by atoms with van der Waals surface area (Å²) in [4.78, 5) is 26.7. The van der Waals surface area contributed by atoms with Gasteiger partial charge in [0.25, 0.3) is 0 Å². The van der Waals surface area contributed by atoms with E-state index >= 15 is 0 Å².